The SMILES string of the molecule is Cc1ccc(C2=Nc3ccc(-c4ccc5c(c4)N=C(c4ccc(C)cc4)C5)cc3C2)cc1. The number of hydrogen-bond donors (Lipinski definition) is 0. The average molecular weight is 413 g/mol. The Labute approximate surface area is 189 Å². The van der Waals surface area contributed by atoms with Crippen LogP contribution >= 0.6 is 0 Å². The van der Waals surface area contributed by atoms with Gasteiger partial charge in [-0.1, -0.05) is 77.9 Å². The normalized spacial score (nSPS) is 14.1. The van der Waals surface area contributed by atoms with Crippen LogP contribution in [0.15, 0.2) is 94.9 Å². The quantitative estimate of drug-likeness (QED) is 0.337. The summed E-state index contributed by atoms with van der Waals surface area (Å²) in [6.07, 6.45) is 1.78. The van der Waals surface area contributed by atoms with E-state index < -0.39 is 0 Å². The highest BCUT2D eigenvalue weighted by molar-refractivity contribution is 6.07. The first-order chi connectivity index (χ1) is 15.6. The maximum atomic E-state index is 4.96. The molecule has 0 N–H and O–H groups in total. The fourth-order valence-electron chi connectivity index (χ4n) is 4.57. The molecule has 2 heterocycles. The summed E-state index contributed by atoms with van der Waals surface area (Å²) < 4.78 is 0. The van der Waals surface area contributed by atoms with Crippen molar-refractivity contribution in [2.75, 3.05) is 0 Å². The molecule has 0 aromatic heterocycles. The van der Waals surface area contributed by atoms with Gasteiger partial charge in [0.05, 0.1) is 22.8 Å². The molecule has 2 aliphatic heterocycles. The van der Waals surface area contributed by atoms with Crippen LogP contribution in [-0.2, 0) is 12.8 Å². The molecule has 32 heavy (non-hydrogen) atoms. The number of aliphatic imine (C=N–C) groups is 2. The maximum absolute atomic E-state index is 4.96. The largest absolute Gasteiger partial charge is 0.252 e. The maximum Gasteiger partial charge on any atom is 0.0675 e. The number of aryl methyl sites for hydroxylation is 2. The molecule has 0 aliphatic carbocycles. The summed E-state index contributed by atoms with van der Waals surface area (Å²) in [5.74, 6) is 0. The van der Waals surface area contributed by atoms with Crippen LogP contribution in [0.2, 0.25) is 0 Å². The zero-order chi connectivity index (χ0) is 21.7. The van der Waals surface area contributed by atoms with Crippen molar-refractivity contribution in [1.82, 2.24) is 0 Å². The lowest BCUT2D eigenvalue weighted by Crippen LogP contribution is -2.00. The van der Waals surface area contributed by atoms with Gasteiger partial charge in [-0.3, -0.25) is 9.98 Å². The van der Waals surface area contributed by atoms with Gasteiger partial charge in [-0.2, -0.15) is 0 Å². The Morgan fingerprint density at radius 1 is 0.469 bits per heavy atom. The summed E-state index contributed by atoms with van der Waals surface area (Å²) in [7, 11) is 0. The lowest BCUT2D eigenvalue weighted by molar-refractivity contribution is 1.37. The van der Waals surface area contributed by atoms with E-state index in [-0.39, 0.29) is 0 Å². The summed E-state index contributed by atoms with van der Waals surface area (Å²) in [4.78, 5) is 9.85. The second-order valence-corrected chi connectivity index (χ2v) is 8.89. The molecule has 6 rings (SSSR count). The predicted octanol–water partition coefficient (Wildman–Crippen LogP) is 7.32. The van der Waals surface area contributed by atoms with Crippen molar-refractivity contribution < 1.29 is 0 Å². The average Bonchev–Trinajstić information content (AvgIpc) is 3.43. The minimum absolute atomic E-state index is 0.882. The molecule has 0 radical (unpaired) electrons. The van der Waals surface area contributed by atoms with Gasteiger partial charge in [0, 0.05) is 12.8 Å². The minimum Gasteiger partial charge on any atom is -0.252 e. The topological polar surface area (TPSA) is 24.7 Å². The third-order valence-electron chi connectivity index (χ3n) is 6.49. The number of fused-ring (bicyclic) bond motifs is 2. The second-order valence-electron chi connectivity index (χ2n) is 8.89. The molecular weight excluding hydrogens is 388 g/mol. The fraction of sp³-hybridized carbons (Fsp3) is 0.133. The molecule has 0 unspecified atom stereocenters. The van der Waals surface area contributed by atoms with E-state index in [2.05, 4.69) is 98.8 Å². The van der Waals surface area contributed by atoms with Gasteiger partial charge in [0.15, 0.2) is 0 Å². The van der Waals surface area contributed by atoms with Crippen molar-refractivity contribution in [2.24, 2.45) is 9.98 Å². The molecule has 2 aliphatic rings. The van der Waals surface area contributed by atoms with E-state index in [0.717, 1.165) is 35.6 Å². The highest BCUT2D eigenvalue weighted by atomic mass is 14.8. The summed E-state index contributed by atoms with van der Waals surface area (Å²) >= 11 is 0. The van der Waals surface area contributed by atoms with Crippen LogP contribution in [0, 0.1) is 13.8 Å². The van der Waals surface area contributed by atoms with Crippen LogP contribution in [0.4, 0.5) is 11.4 Å². The summed E-state index contributed by atoms with van der Waals surface area (Å²) in [6.45, 7) is 4.23. The fourth-order valence-corrected chi connectivity index (χ4v) is 4.57. The second kappa shape index (κ2) is 7.42. The first-order valence-electron chi connectivity index (χ1n) is 11.2. The Hall–Kier alpha value is -3.78. The van der Waals surface area contributed by atoms with E-state index >= 15 is 0 Å². The minimum atomic E-state index is 0.882. The Balaban J connectivity index is 1.28. The van der Waals surface area contributed by atoms with Crippen molar-refractivity contribution in [3.05, 3.63) is 118 Å². The molecule has 0 saturated carbocycles. The third-order valence-corrected chi connectivity index (χ3v) is 6.49. The Morgan fingerprint density at radius 3 is 1.62 bits per heavy atom. The predicted molar refractivity (Wildman–Crippen MR) is 134 cm³/mol. The first-order valence-corrected chi connectivity index (χ1v) is 11.2. The van der Waals surface area contributed by atoms with E-state index in [9.17, 15) is 0 Å². The summed E-state index contributed by atoms with van der Waals surface area (Å²) in [5, 5.41) is 0. The van der Waals surface area contributed by atoms with Gasteiger partial charge in [-0.05, 0) is 65.4 Å². The first kappa shape index (κ1) is 18.9. The van der Waals surface area contributed by atoms with Crippen molar-refractivity contribution in [3.8, 4) is 11.1 Å². The molecule has 154 valence electrons. The molecule has 0 spiro atoms. The highest BCUT2D eigenvalue weighted by Crippen LogP contribution is 2.36. The van der Waals surface area contributed by atoms with E-state index in [1.165, 1.54) is 44.5 Å². The smallest absolute Gasteiger partial charge is 0.0675 e. The van der Waals surface area contributed by atoms with Crippen molar-refractivity contribution >= 4 is 22.8 Å². The lowest BCUT2D eigenvalue weighted by atomic mass is 9.97. The van der Waals surface area contributed by atoms with E-state index in [0.29, 0.717) is 0 Å². The van der Waals surface area contributed by atoms with Crippen LogP contribution in [0.3, 0.4) is 0 Å². The van der Waals surface area contributed by atoms with Crippen LogP contribution in [0.1, 0.15) is 33.4 Å². The van der Waals surface area contributed by atoms with Crippen LogP contribution in [0.5, 0.6) is 0 Å². The molecule has 0 amide bonds. The Kier molecular flexibility index (Phi) is 4.39. The number of nitrogens with zero attached hydrogens (tertiary/aromatic N) is 2. The van der Waals surface area contributed by atoms with Crippen molar-refractivity contribution in [2.45, 2.75) is 26.7 Å². The zero-order valence-electron chi connectivity index (χ0n) is 18.4. The van der Waals surface area contributed by atoms with Gasteiger partial charge < -0.3 is 0 Å². The molecule has 2 nitrogen and oxygen atoms in total. The van der Waals surface area contributed by atoms with E-state index in [1.54, 1.807) is 0 Å². The summed E-state index contributed by atoms with van der Waals surface area (Å²) in [6, 6.07) is 30.6. The Morgan fingerprint density at radius 2 is 0.969 bits per heavy atom. The monoisotopic (exact) mass is 412 g/mol. The van der Waals surface area contributed by atoms with Crippen LogP contribution in [-0.4, -0.2) is 11.4 Å². The van der Waals surface area contributed by atoms with Crippen molar-refractivity contribution in [3.63, 3.8) is 0 Å². The zero-order valence-corrected chi connectivity index (χ0v) is 18.4. The number of hydrogen-bond acceptors (Lipinski definition) is 2. The van der Waals surface area contributed by atoms with Gasteiger partial charge in [-0.15, -0.1) is 0 Å². The molecule has 0 atom stereocenters. The molecule has 0 fully saturated rings. The van der Waals surface area contributed by atoms with E-state index in [1.807, 2.05) is 0 Å². The van der Waals surface area contributed by atoms with Gasteiger partial charge in [-0.25, -0.2) is 0 Å². The molecule has 4 aromatic rings. The van der Waals surface area contributed by atoms with Gasteiger partial charge in [0.2, 0.25) is 0 Å². The van der Waals surface area contributed by atoms with Crippen LogP contribution in [0.25, 0.3) is 11.1 Å². The molecule has 0 bridgehead atoms. The van der Waals surface area contributed by atoms with Crippen LogP contribution < -0.4 is 0 Å². The third kappa shape index (κ3) is 3.38. The summed E-state index contributed by atoms with van der Waals surface area (Å²) in [5.41, 5.74) is 14.5. The standard InChI is InChI=1S/C30H24N2/c1-19-3-7-21(8-4-19)28-17-25-12-11-24(16-30(25)32-28)23-13-14-27-26(15-23)18-29(31-27)22-9-5-20(2)6-10-22/h3-16H,17-18H2,1-2H3. The molecule has 4 aromatic carbocycles. The van der Waals surface area contributed by atoms with E-state index in [4.69, 9.17) is 9.98 Å². The molecule has 0 saturated heterocycles. The molecule has 2 heteroatoms. The van der Waals surface area contributed by atoms with Gasteiger partial charge >= 0.3 is 0 Å². The highest BCUT2D eigenvalue weighted by Gasteiger charge is 2.19. The Bertz CT molecular complexity index is 1400. The lowest BCUT2D eigenvalue weighted by Gasteiger charge is -2.06. The number of benzene rings is 4. The van der Waals surface area contributed by atoms with Crippen molar-refractivity contribution in [1.29, 1.82) is 0 Å². The molecular formula is C30H24N2. The number of rotatable bonds is 3. The van der Waals surface area contributed by atoms with Gasteiger partial charge in [0.1, 0.15) is 0 Å². The van der Waals surface area contributed by atoms with Gasteiger partial charge in [0.25, 0.3) is 0 Å².